The lowest BCUT2D eigenvalue weighted by Gasteiger charge is -2.39. The number of benzene rings is 2. The molecule has 1 fully saturated rings. The van der Waals surface area contributed by atoms with E-state index in [1.54, 1.807) is 30.9 Å². The van der Waals surface area contributed by atoms with E-state index in [0.29, 0.717) is 13.1 Å². The molecule has 0 aromatic heterocycles. The Kier molecular flexibility index (Phi) is 5.64. The highest BCUT2D eigenvalue weighted by atomic mass is 16.5. The molecule has 2 amide bonds. The van der Waals surface area contributed by atoms with Gasteiger partial charge in [-0.2, -0.15) is 0 Å². The molecule has 6 nitrogen and oxygen atoms in total. The van der Waals surface area contributed by atoms with Crippen molar-refractivity contribution in [2.45, 2.75) is 26.1 Å². The summed E-state index contributed by atoms with van der Waals surface area (Å²) in [5.74, 6) is 1.39. The van der Waals surface area contributed by atoms with Crippen molar-refractivity contribution >= 4 is 11.8 Å². The zero-order chi connectivity index (χ0) is 19.4. The largest absolute Gasteiger partial charge is 0.497 e. The molecule has 0 unspecified atom stereocenters. The topological polar surface area (TPSA) is 59.1 Å². The molecule has 142 valence electrons. The smallest absolute Gasteiger partial charge is 0.245 e. The van der Waals surface area contributed by atoms with Crippen LogP contribution < -0.4 is 9.47 Å². The minimum absolute atomic E-state index is 0.0479. The number of hydrogen-bond donors (Lipinski definition) is 0. The molecule has 0 radical (unpaired) electrons. The Morgan fingerprint density at radius 2 is 1.63 bits per heavy atom. The van der Waals surface area contributed by atoms with Crippen LogP contribution in [0, 0.1) is 0 Å². The second-order valence-corrected chi connectivity index (χ2v) is 6.59. The number of carbonyl (C=O) groups excluding carboxylic acids is 2. The van der Waals surface area contributed by atoms with Crippen molar-refractivity contribution < 1.29 is 19.1 Å². The van der Waals surface area contributed by atoms with E-state index in [1.807, 2.05) is 48.5 Å². The summed E-state index contributed by atoms with van der Waals surface area (Å²) in [6, 6.07) is 14.6. The molecule has 2 aromatic carbocycles. The molecule has 1 aliphatic heterocycles. The lowest BCUT2D eigenvalue weighted by Crippen LogP contribution is -2.57. The summed E-state index contributed by atoms with van der Waals surface area (Å²) < 4.78 is 10.4. The number of rotatable bonds is 6. The van der Waals surface area contributed by atoms with Crippen LogP contribution in [-0.4, -0.2) is 48.4 Å². The first-order valence-electron chi connectivity index (χ1n) is 8.86. The Morgan fingerprint density at radius 3 is 2.30 bits per heavy atom. The van der Waals surface area contributed by atoms with Gasteiger partial charge in [-0.15, -0.1) is 0 Å². The van der Waals surface area contributed by atoms with Crippen LogP contribution >= 0.6 is 0 Å². The standard InChI is InChI=1S/C21H24N2O4/c1-15-21(25)22(12-16-7-9-18(26-2)10-8-16)14-20(24)23(15)13-17-5-4-6-19(11-17)27-3/h4-11,15H,12-14H2,1-3H3/t15-/m0/s1. The van der Waals surface area contributed by atoms with Crippen molar-refractivity contribution in [3.05, 3.63) is 59.7 Å². The zero-order valence-electron chi connectivity index (χ0n) is 15.8. The molecule has 1 heterocycles. The van der Waals surface area contributed by atoms with Crippen molar-refractivity contribution in [1.82, 2.24) is 9.80 Å². The summed E-state index contributed by atoms with van der Waals surface area (Å²) in [6.45, 7) is 2.66. The molecule has 1 saturated heterocycles. The van der Waals surface area contributed by atoms with Crippen LogP contribution in [-0.2, 0) is 22.7 Å². The van der Waals surface area contributed by atoms with Crippen molar-refractivity contribution in [3.63, 3.8) is 0 Å². The van der Waals surface area contributed by atoms with Gasteiger partial charge in [-0.05, 0) is 42.3 Å². The highest BCUT2D eigenvalue weighted by molar-refractivity contribution is 5.94. The highest BCUT2D eigenvalue weighted by Gasteiger charge is 2.36. The Morgan fingerprint density at radius 1 is 0.926 bits per heavy atom. The first kappa shape index (κ1) is 18.8. The monoisotopic (exact) mass is 368 g/mol. The van der Waals surface area contributed by atoms with E-state index in [2.05, 4.69) is 0 Å². The maximum atomic E-state index is 12.8. The summed E-state index contributed by atoms with van der Waals surface area (Å²) in [7, 11) is 3.22. The molecule has 1 aliphatic rings. The van der Waals surface area contributed by atoms with Gasteiger partial charge in [0, 0.05) is 13.1 Å². The van der Waals surface area contributed by atoms with E-state index in [1.165, 1.54) is 0 Å². The molecule has 0 spiro atoms. The van der Waals surface area contributed by atoms with Crippen LogP contribution in [0.1, 0.15) is 18.1 Å². The van der Waals surface area contributed by atoms with Crippen LogP contribution in [0.25, 0.3) is 0 Å². The molecule has 27 heavy (non-hydrogen) atoms. The van der Waals surface area contributed by atoms with Gasteiger partial charge in [0.25, 0.3) is 0 Å². The van der Waals surface area contributed by atoms with Crippen molar-refractivity contribution in [1.29, 1.82) is 0 Å². The molecule has 0 N–H and O–H groups in total. The lowest BCUT2D eigenvalue weighted by molar-refractivity contribution is -0.156. The third kappa shape index (κ3) is 4.22. The fourth-order valence-corrected chi connectivity index (χ4v) is 3.22. The van der Waals surface area contributed by atoms with E-state index >= 15 is 0 Å². The van der Waals surface area contributed by atoms with Crippen LogP contribution in [0.3, 0.4) is 0 Å². The summed E-state index contributed by atoms with van der Waals surface area (Å²) >= 11 is 0. The second-order valence-electron chi connectivity index (χ2n) is 6.59. The minimum atomic E-state index is -0.504. The van der Waals surface area contributed by atoms with Gasteiger partial charge in [-0.1, -0.05) is 24.3 Å². The fourth-order valence-electron chi connectivity index (χ4n) is 3.22. The van der Waals surface area contributed by atoms with E-state index in [0.717, 1.165) is 22.6 Å². The molecule has 0 bridgehead atoms. The maximum Gasteiger partial charge on any atom is 0.245 e. The Balaban J connectivity index is 1.69. The molecule has 0 saturated carbocycles. The second kappa shape index (κ2) is 8.12. The third-order valence-electron chi connectivity index (χ3n) is 4.80. The molecule has 2 aromatic rings. The van der Waals surface area contributed by atoms with E-state index in [-0.39, 0.29) is 18.4 Å². The molecular weight excluding hydrogens is 344 g/mol. The van der Waals surface area contributed by atoms with Gasteiger partial charge in [0.2, 0.25) is 11.8 Å². The normalized spacial score (nSPS) is 17.2. The first-order valence-corrected chi connectivity index (χ1v) is 8.86. The number of methoxy groups -OCH3 is 2. The van der Waals surface area contributed by atoms with Gasteiger partial charge in [-0.3, -0.25) is 9.59 Å². The fraction of sp³-hybridized carbons (Fsp3) is 0.333. The minimum Gasteiger partial charge on any atom is -0.497 e. The van der Waals surface area contributed by atoms with Gasteiger partial charge in [0.05, 0.1) is 14.2 Å². The lowest BCUT2D eigenvalue weighted by atomic mass is 10.1. The van der Waals surface area contributed by atoms with Crippen LogP contribution in [0.4, 0.5) is 0 Å². The average molecular weight is 368 g/mol. The van der Waals surface area contributed by atoms with E-state index < -0.39 is 6.04 Å². The van der Waals surface area contributed by atoms with Crippen LogP contribution in [0.5, 0.6) is 11.5 Å². The molecule has 6 heteroatoms. The number of amides is 2. The quantitative estimate of drug-likeness (QED) is 0.786. The molecule has 3 rings (SSSR count). The Bertz CT molecular complexity index is 819. The number of ether oxygens (including phenoxy) is 2. The van der Waals surface area contributed by atoms with Gasteiger partial charge in [0.15, 0.2) is 0 Å². The molecule has 0 aliphatic carbocycles. The third-order valence-corrected chi connectivity index (χ3v) is 4.80. The zero-order valence-corrected chi connectivity index (χ0v) is 15.8. The maximum absolute atomic E-state index is 12.8. The summed E-state index contributed by atoms with van der Waals surface area (Å²) in [5.41, 5.74) is 1.90. The van der Waals surface area contributed by atoms with Gasteiger partial charge in [0.1, 0.15) is 24.1 Å². The molecule has 1 atom stereocenters. The average Bonchev–Trinajstić information content (AvgIpc) is 2.70. The summed E-state index contributed by atoms with van der Waals surface area (Å²) in [5, 5.41) is 0. The summed E-state index contributed by atoms with van der Waals surface area (Å²) in [4.78, 5) is 28.7. The van der Waals surface area contributed by atoms with Gasteiger partial charge in [-0.25, -0.2) is 0 Å². The first-order chi connectivity index (χ1) is 13.0. The Labute approximate surface area is 159 Å². The number of nitrogens with zero attached hydrogens (tertiary/aromatic N) is 2. The number of hydrogen-bond acceptors (Lipinski definition) is 4. The SMILES string of the molecule is COc1ccc(CN2CC(=O)N(Cc3cccc(OC)c3)[C@@H](C)C2=O)cc1. The van der Waals surface area contributed by atoms with Gasteiger partial charge < -0.3 is 19.3 Å². The van der Waals surface area contributed by atoms with Crippen molar-refractivity contribution in [2.75, 3.05) is 20.8 Å². The van der Waals surface area contributed by atoms with Crippen molar-refractivity contribution in [3.8, 4) is 11.5 Å². The van der Waals surface area contributed by atoms with Crippen molar-refractivity contribution in [2.24, 2.45) is 0 Å². The van der Waals surface area contributed by atoms with E-state index in [4.69, 9.17) is 9.47 Å². The number of carbonyl (C=O) groups is 2. The summed E-state index contributed by atoms with van der Waals surface area (Å²) in [6.07, 6.45) is 0. The predicted octanol–water partition coefficient (Wildman–Crippen LogP) is 2.46. The number of piperazine rings is 1. The highest BCUT2D eigenvalue weighted by Crippen LogP contribution is 2.21. The van der Waals surface area contributed by atoms with Gasteiger partial charge >= 0.3 is 0 Å². The molecular formula is C21H24N2O4. The van der Waals surface area contributed by atoms with E-state index in [9.17, 15) is 9.59 Å². The van der Waals surface area contributed by atoms with Crippen LogP contribution in [0.15, 0.2) is 48.5 Å². The Hall–Kier alpha value is -3.02. The van der Waals surface area contributed by atoms with Crippen LogP contribution in [0.2, 0.25) is 0 Å². The predicted molar refractivity (Wildman–Crippen MR) is 101 cm³/mol.